The van der Waals surface area contributed by atoms with E-state index >= 15 is 0 Å². The molecule has 2 atom stereocenters. The van der Waals surface area contributed by atoms with Crippen LogP contribution in [0.2, 0.25) is 0 Å². The summed E-state index contributed by atoms with van der Waals surface area (Å²) in [5.74, 6) is 0. The molecule has 12 heavy (non-hydrogen) atoms. The molecule has 64 valence electrons. The number of nitrogens with two attached hydrogens (primary N) is 1. The predicted molar refractivity (Wildman–Crippen MR) is 47.7 cm³/mol. The van der Waals surface area contributed by atoms with Gasteiger partial charge >= 0.3 is 0 Å². The van der Waals surface area contributed by atoms with Crippen LogP contribution < -0.4 is 5.73 Å². The fourth-order valence-corrected chi connectivity index (χ4v) is 1.67. The third-order valence-electron chi connectivity index (χ3n) is 2.59. The first-order valence-corrected chi connectivity index (χ1v) is 4.16. The zero-order chi connectivity index (χ0) is 8.60. The number of hydrogen-bond acceptors (Lipinski definition) is 2. The Bertz CT molecular complexity index is 268. The van der Waals surface area contributed by atoms with Gasteiger partial charge in [0.25, 0.3) is 0 Å². The number of methoxy groups -OCH3 is 1. The molecule has 2 heteroatoms. The lowest BCUT2D eigenvalue weighted by molar-refractivity contribution is 0.0736. The van der Waals surface area contributed by atoms with Crippen molar-refractivity contribution in [2.75, 3.05) is 7.11 Å². The van der Waals surface area contributed by atoms with E-state index in [0.717, 1.165) is 6.42 Å². The van der Waals surface area contributed by atoms with Crippen LogP contribution in [-0.4, -0.2) is 13.2 Å². The Morgan fingerprint density at radius 1 is 1.42 bits per heavy atom. The summed E-state index contributed by atoms with van der Waals surface area (Å²) in [5.41, 5.74) is 6.83. The molecule has 0 aliphatic heterocycles. The molecular formula is C10H13NO. The second-order valence-electron chi connectivity index (χ2n) is 3.27. The Morgan fingerprint density at radius 2 is 2.00 bits per heavy atom. The van der Waals surface area contributed by atoms with Crippen molar-refractivity contribution in [3.8, 4) is 0 Å². The molecule has 1 fully saturated rings. The van der Waals surface area contributed by atoms with Gasteiger partial charge in [-0.3, -0.25) is 0 Å². The summed E-state index contributed by atoms with van der Waals surface area (Å²) in [6.07, 6.45) is 0.938. The summed E-state index contributed by atoms with van der Waals surface area (Å²) >= 11 is 0. The third kappa shape index (κ3) is 0.958. The summed E-state index contributed by atoms with van der Waals surface area (Å²) < 4.78 is 5.42. The van der Waals surface area contributed by atoms with Crippen molar-refractivity contribution in [2.24, 2.45) is 5.73 Å². The molecule has 0 spiro atoms. The maximum Gasteiger partial charge on any atom is 0.109 e. The van der Waals surface area contributed by atoms with E-state index in [2.05, 4.69) is 12.1 Å². The van der Waals surface area contributed by atoms with Crippen molar-refractivity contribution in [1.29, 1.82) is 0 Å². The minimum absolute atomic E-state index is 0.171. The van der Waals surface area contributed by atoms with E-state index in [-0.39, 0.29) is 11.6 Å². The van der Waals surface area contributed by atoms with Gasteiger partial charge in [0.1, 0.15) is 5.60 Å². The molecule has 1 aromatic carbocycles. The van der Waals surface area contributed by atoms with Crippen LogP contribution in [0.5, 0.6) is 0 Å². The summed E-state index contributed by atoms with van der Waals surface area (Å²) in [6, 6.07) is 10.3. The highest BCUT2D eigenvalue weighted by molar-refractivity contribution is 5.32. The molecule has 2 N–H and O–H groups in total. The van der Waals surface area contributed by atoms with Crippen LogP contribution >= 0.6 is 0 Å². The second-order valence-corrected chi connectivity index (χ2v) is 3.27. The molecule has 0 aromatic heterocycles. The Morgan fingerprint density at radius 3 is 2.42 bits per heavy atom. The van der Waals surface area contributed by atoms with E-state index in [4.69, 9.17) is 10.5 Å². The van der Waals surface area contributed by atoms with Crippen molar-refractivity contribution in [3.63, 3.8) is 0 Å². The normalized spacial score (nSPS) is 33.3. The lowest BCUT2D eigenvalue weighted by Gasteiger charge is -2.14. The zero-order valence-corrected chi connectivity index (χ0v) is 7.16. The first-order chi connectivity index (χ1) is 5.79. The van der Waals surface area contributed by atoms with Crippen LogP contribution in [0, 0.1) is 0 Å². The number of benzene rings is 1. The smallest absolute Gasteiger partial charge is 0.109 e. The molecule has 1 aliphatic rings. The van der Waals surface area contributed by atoms with Crippen molar-refractivity contribution in [1.82, 2.24) is 0 Å². The van der Waals surface area contributed by atoms with Crippen molar-refractivity contribution in [3.05, 3.63) is 35.9 Å². The Balaban J connectivity index is 2.31. The highest BCUT2D eigenvalue weighted by Gasteiger charge is 2.53. The average molecular weight is 163 g/mol. The van der Waals surface area contributed by atoms with Gasteiger partial charge < -0.3 is 10.5 Å². The largest absolute Gasteiger partial charge is 0.372 e. The molecule has 0 saturated heterocycles. The van der Waals surface area contributed by atoms with Gasteiger partial charge in [0.2, 0.25) is 0 Å². The molecule has 0 heterocycles. The lowest BCUT2D eigenvalue weighted by atomic mass is 10.1. The van der Waals surface area contributed by atoms with Crippen LogP contribution in [0.1, 0.15) is 12.0 Å². The fourth-order valence-electron chi connectivity index (χ4n) is 1.67. The molecular weight excluding hydrogens is 150 g/mol. The summed E-state index contributed by atoms with van der Waals surface area (Å²) in [7, 11) is 1.72. The molecule has 0 amide bonds. The van der Waals surface area contributed by atoms with Crippen LogP contribution in [0.3, 0.4) is 0 Å². The quantitative estimate of drug-likeness (QED) is 0.712. The molecule has 2 nitrogen and oxygen atoms in total. The molecule has 0 radical (unpaired) electrons. The van der Waals surface area contributed by atoms with Gasteiger partial charge in [-0.2, -0.15) is 0 Å². The zero-order valence-electron chi connectivity index (χ0n) is 7.16. The number of rotatable bonds is 2. The van der Waals surface area contributed by atoms with E-state index in [0.29, 0.717) is 0 Å². The van der Waals surface area contributed by atoms with Gasteiger partial charge in [-0.1, -0.05) is 30.3 Å². The minimum atomic E-state index is -0.179. The Labute approximate surface area is 72.3 Å². The van der Waals surface area contributed by atoms with Crippen LogP contribution in [-0.2, 0) is 10.3 Å². The van der Waals surface area contributed by atoms with Crippen LogP contribution in [0.4, 0.5) is 0 Å². The van der Waals surface area contributed by atoms with E-state index in [1.54, 1.807) is 7.11 Å². The van der Waals surface area contributed by atoms with E-state index < -0.39 is 0 Å². The van der Waals surface area contributed by atoms with Crippen molar-refractivity contribution >= 4 is 0 Å². The maximum absolute atomic E-state index is 5.82. The van der Waals surface area contributed by atoms with Crippen molar-refractivity contribution in [2.45, 2.75) is 18.1 Å². The van der Waals surface area contributed by atoms with Gasteiger partial charge in [-0.15, -0.1) is 0 Å². The molecule has 2 rings (SSSR count). The molecule has 1 aliphatic carbocycles. The Kier molecular flexibility index (Phi) is 1.67. The lowest BCUT2D eigenvalue weighted by Crippen LogP contribution is -2.20. The van der Waals surface area contributed by atoms with Crippen molar-refractivity contribution < 1.29 is 4.74 Å². The standard InChI is InChI=1S/C10H13NO/c1-12-10(7-9(10)11)8-5-3-2-4-6-8/h2-6,9H,7,11H2,1H3. The summed E-state index contributed by atoms with van der Waals surface area (Å²) in [5, 5.41) is 0. The number of ether oxygens (including phenoxy) is 1. The van der Waals surface area contributed by atoms with Gasteiger partial charge in [-0.05, 0) is 5.56 Å². The predicted octanol–water partition coefficient (Wildman–Crippen LogP) is 1.26. The molecule has 1 saturated carbocycles. The first-order valence-electron chi connectivity index (χ1n) is 4.16. The minimum Gasteiger partial charge on any atom is -0.372 e. The van der Waals surface area contributed by atoms with Crippen LogP contribution in [0.15, 0.2) is 30.3 Å². The highest BCUT2D eigenvalue weighted by Crippen LogP contribution is 2.47. The second kappa shape index (κ2) is 2.57. The first kappa shape index (κ1) is 7.77. The Hall–Kier alpha value is -0.860. The highest BCUT2D eigenvalue weighted by atomic mass is 16.5. The summed E-state index contributed by atoms with van der Waals surface area (Å²) in [6.45, 7) is 0. The molecule has 2 unspecified atom stereocenters. The van der Waals surface area contributed by atoms with E-state index in [9.17, 15) is 0 Å². The van der Waals surface area contributed by atoms with Crippen LogP contribution in [0.25, 0.3) is 0 Å². The van der Waals surface area contributed by atoms with Gasteiger partial charge in [0.05, 0.1) is 0 Å². The maximum atomic E-state index is 5.82. The third-order valence-corrected chi connectivity index (χ3v) is 2.59. The summed E-state index contributed by atoms with van der Waals surface area (Å²) in [4.78, 5) is 0. The SMILES string of the molecule is COC1(c2ccccc2)CC1N. The van der Waals surface area contributed by atoms with Gasteiger partial charge in [-0.25, -0.2) is 0 Å². The molecule has 0 bridgehead atoms. The average Bonchev–Trinajstić information content (AvgIpc) is 2.80. The fraction of sp³-hybridized carbons (Fsp3) is 0.400. The molecule has 1 aromatic rings. The van der Waals surface area contributed by atoms with E-state index in [1.807, 2.05) is 18.2 Å². The number of hydrogen-bond donors (Lipinski definition) is 1. The van der Waals surface area contributed by atoms with E-state index in [1.165, 1.54) is 5.56 Å². The van der Waals surface area contributed by atoms with Gasteiger partial charge in [0.15, 0.2) is 0 Å². The monoisotopic (exact) mass is 163 g/mol. The topological polar surface area (TPSA) is 35.2 Å². The van der Waals surface area contributed by atoms with Gasteiger partial charge in [0, 0.05) is 19.6 Å².